The van der Waals surface area contributed by atoms with E-state index >= 15 is 0 Å². The number of sulfonamides is 1. The van der Waals surface area contributed by atoms with E-state index in [4.69, 9.17) is 4.74 Å². The summed E-state index contributed by atoms with van der Waals surface area (Å²) in [7, 11) is -0.929. The zero-order chi connectivity index (χ0) is 20.7. The lowest BCUT2D eigenvalue weighted by Crippen LogP contribution is -2.35. The number of methoxy groups -OCH3 is 2. The Morgan fingerprint density at radius 3 is 2.07 bits per heavy atom. The molecule has 0 bridgehead atoms. The highest BCUT2D eigenvalue weighted by Gasteiger charge is 2.18. The van der Waals surface area contributed by atoms with E-state index < -0.39 is 21.9 Å². The second kappa shape index (κ2) is 9.45. The van der Waals surface area contributed by atoms with Gasteiger partial charge in [0, 0.05) is 24.4 Å². The molecule has 0 radical (unpaired) electrons. The van der Waals surface area contributed by atoms with Crippen LogP contribution in [-0.2, 0) is 19.5 Å². The molecule has 0 unspecified atom stereocenters. The highest BCUT2D eigenvalue weighted by Crippen LogP contribution is 2.15. The van der Waals surface area contributed by atoms with E-state index in [1.165, 1.54) is 50.6 Å². The fourth-order valence-electron chi connectivity index (χ4n) is 2.41. The first-order valence-corrected chi connectivity index (χ1v) is 9.86. The molecule has 0 fully saturated rings. The summed E-state index contributed by atoms with van der Waals surface area (Å²) in [5.41, 5.74) is 1.15. The Morgan fingerprint density at radius 2 is 1.54 bits per heavy atom. The summed E-state index contributed by atoms with van der Waals surface area (Å²) in [5.74, 6) is -0.876. The maximum absolute atomic E-state index is 12.3. The first-order valence-electron chi connectivity index (χ1n) is 8.38. The fourth-order valence-corrected chi connectivity index (χ4v) is 3.64. The first kappa shape index (κ1) is 21.5. The average molecular weight is 406 g/mol. The SMILES string of the molecule is COC[C@@H](C)NS(=O)(=O)c1ccc(C(=O)Nc2ccc(C(=O)OC)cc2)cc1. The zero-order valence-electron chi connectivity index (χ0n) is 15.8. The first-order chi connectivity index (χ1) is 13.3. The van der Waals surface area contributed by atoms with Crippen LogP contribution >= 0.6 is 0 Å². The summed E-state index contributed by atoms with van der Waals surface area (Å²) < 4.78 is 36.6. The van der Waals surface area contributed by atoms with Crippen molar-refractivity contribution in [2.75, 3.05) is 26.1 Å². The molecule has 0 aliphatic heterocycles. The van der Waals surface area contributed by atoms with Gasteiger partial charge in [-0.1, -0.05) is 0 Å². The predicted octanol–water partition coefficient (Wildman–Crippen LogP) is 2.04. The van der Waals surface area contributed by atoms with Crippen LogP contribution in [0.25, 0.3) is 0 Å². The van der Waals surface area contributed by atoms with E-state index in [1.54, 1.807) is 19.1 Å². The molecule has 8 nitrogen and oxygen atoms in total. The van der Waals surface area contributed by atoms with Gasteiger partial charge < -0.3 is 14.8 Å². The van der Waals surface area contributed by atoms with Crippen LogP contribution in [0.1, 0.15) is 27.6 Å². The van der Waals surface area contributed by atoms with Gasteiger partial charge in [-0.05, 0) is 55.5 Å². The molecule has 0 spiro atoms. The van der Waals surface area contributed by atoms with Crippen LogP contribution in [0, 0.1) is 0 Å². The minimum Gasteiger partial charge on any atom is -0.465 e. The van der Waals surface area contributed by atoms with Crippen molar-refractivity contribution < 1.29 is 27.5 Å². The van der Waals surface area contributed by atoms with Crippen LogP contribution in [-0.4, -0.2) is 47.2 Å². The van der Waals surface area contributed by atoms with Crippen molar-refractivity contribution in [1.29, 1.82) is 0 Å². The summed E-state index contributed by atoms with van der Waals surface area (Å²) in [4.78, 5) is 23.8. The Kier molecular flexibility index (Phi) is 7.27. The van der Waals surface area contributed by atoms with Crippen molar-refractivity contribution in [3.63, 3.8) is 0 Å². The van der Waals surface area contributed by atoms with Gasteiger partial charge in [0.05, 0.1) is 24.2 Å². The van der Waals surface area contributed by atoms with E-state index in [0.717, 1.165) is 0 Å². The Hall–Kier alpha value is -2.75. The third kappa shape index (κ3) is 5.62. The quantitative estimate of drug-likeness (QED) is 0.649. The topological polar surface area (TPSA) is 111 Å². The van der Waals surface area contributed by atoms with Crippen LogP contribution < -0.4 is 10.0 Å². The number of carbonyl (C=O) groups is 2. The number of hydrogen-bond donors (Lipinski definition) is 2. The van der Waals surface area contributed by atoms with Gasteiger partial charge in [-0.15, -0.1) is 0 Å². The number of esters is 1. The smallest absolute Gasteiger partial charge is 0.337 e. The average Bonchev–Trinajstić information content (AvgIpc) is 2.67. The van der Waals surface area contributed by atoms with Gasteiger partial charge in [0.1, 0.15) is 0 Å². The van der Waals surface area contributed by atoms with Crippen molar-refractivity contribution in [2.45, 2.75) is 17.9 Å². The molecule has 0 saturated heterocycles. The molecule has 150 valence electrons. The number of hydrogen-bond acceptors (Lipinski definition) is 6. The standard InChI is InChI=1S/C19H22N2O6S/c1-13(12-26-2)21-28(24,25)17-10-6-14(7-11-17)18(22)20-16-8-4-15(5-9-16)19(23)27-3/h4-11,13,21H,12H2,1-3H3,(H,20,22)/t13-/m1/s1. The van der Waals surface area contributed by atoms with Gasteiger partial charge in [0.2, 0.25) is 10.0 Å². The zero-order valence-corrected chi connectivity index (χ0v) is 16.6. The molecule has 1 atom stereocenters. The third-order valence-corrected chi connectivity index (χ3v) is 5.37. The lowest BCUT2D eigenvalue weighted by molar-refractivity contribution is 0.0600. The van der Waals surface area contributed by atoms with E-state index in [-0.39, 0.29) is 17.5 Å². The van der Waals surface area contributed by atoms with Crippen LogP contribution in [0.2, 0.25) is 0 Å². The molecular weight excluding hydrogens is 384 g/mol. The largest absolute Gasteiger partial charge is 0.465 e. The van der Waals surface area contributed by atoms with Crippen LogP contribution in [0.4, 0.5) is 5.69 Å². The minimum atomic E-state index is -3.70. The molecule has 0 saturated carbocycles. The number of benzene rings is 2. The lowest BCUT2D eigenvalue weighted by Gasteiger charge is -2.13. The van der Waals surface area contributed by atoms with Crippen LogP contribution in [0.3, 0.4) is 0 Å². The number of ether oxygens (including phenoxy) is 2. The van der Waals surface area contributed by atoms with Crippen LogP contribution in [0.5, 0.6) is 0 Å². The highest BCUT2D eigenvalue weighted by atomic mass is 32.2. The molecule has 2 aromatic rings. The normalized spacial score (nSPS) is 12.2. The van der Waals surface area contributed by atoms with Gasteiger partial charge in [-0.25, -0.2) is 17.9 Å². The van der Waals surface area contributed by atoms with Gasteiger partial charge in [-0.3, -0.25) is 4.79 Å². The number of anilines is 1. The minimum absolute atomic E-state index is 0.0504. The highest BCUT2D eigenvalue weighted by molar-refractivity contribution is 7.89. The summed E-state index contributed by atoms with van der Waals surface area (Å²) >= 11 is 0. The summed E-state index contributed by atoms with van der Waals surface area (Å²) in [5, 5.41) is 2.68. The van der Waals surface area contributed by atoms with Gasteiger partial charge in [0.15, 0.2) is 0 Å². The number of carbonyl (C=O) groups excluding carboxylic acids is 2. The predicted molar refractivity (Wildman–Crippen MR) is 104 cm³/mol. The molecule has 28 heavy (non-hydrogen) atoms. The maximum Gasteiger partial charge on any atom is 0.337 e. The Morgan fingerprint density at radius 1 is 0.964 bits per heavy atom. The van der Waals surface area contributed by atoms with Crippen molar-refractivity contribution in [1.82, 2.24) is 4.72 Å². The van der Waals surface area contributed by atoms with Crippen molar-refractivity contribution >= 4 is 27.6 Å². The van der Waals surface area contributed by atoms with Gasteiger partial charge in [0.25, 0.3) is 5.91 Å². The Labute approximate surface area is 163 Å². The summed E-state index contributed by atoms with van der Waals surface area (Å²) in [6.45, 7) is 1.93. The van der Waals surface area contributed by atoms with Gasteiger partial charge in [-0.2, -0.15) is 0 Å². The fraction of sp³-hybridized carbons (Fsp3) is 0.263. The molecule has 0 aromatic heterocycles. The molecule has 2 aromatic carbocycles. The van der Waals surface area contributed by atoms with Crippen molar-refractivity contribution in [3.05, 3.63) is 59.7 Å². The number of nitrogens with one attached hydrogen (secondary N) is 2. The van der Waals surface area contributed by atoms with Crippen LogP contribution in [0.15, 0.2) is 53.4 Å². The molecule has 0 aliphatic carbocycles. The van der Waals surface area contributed by atoms with Gasteiger partial charge >= 0.3 is 5.97 Å². The molecule has 2 rings (SSSR count). The molecule has 2 N–H and O–H groups in total. The molecular formula is C19H22N2O6S. The van der Waals surface area contributed by atoms with Crippen molar-refractivity contribution in [2.24, 2.45) is 0 Å². The Balaban J connectivity index is 2.06. The monoisotopic (exact) mass is 406 g/mol. The van der Waals surface area contributed by atoms with Crippen molar-refractivity contribution in [3.8, 4) is 0 Å². The van der Waals surface area contributed by atoms with E-state index in [2.05, 4.69) is 14.8 Å². The molecule has 0 aliphatic rings. The molecule has 9 heteroatoms. The van der Waals surface area contributed by atoms with E-state index in [9.17, 15) is 18.0 Å². The second-order valence-electron chi connectivity index (χ2n) is 6.03. The molecule has 1 amide bonds. The number of rotatable bonds is 8. The van der Waals surface area contributed by atoms with E-state index in [0.29, 0.717) is 16.8 Å². The maximum atomic E-state index is 12.3. The lowest BCUT2D eigenvalue weighted by atomic mass is 10.2. The summed E-state index contributed by atoms with van der Waals surface area (Å²) in [6.07, 6.45) is 0. The summed E-state index contributed by atoms with van der Waals surface area (Å²) in [6, 6.07) is 11.4. The second-order valence-corrected chi connectivity index (χ2v) is 7.74. The number of amides is 1. The Bertz CT molecular complexity index is 924. The molecule has 0 heterocycles. The third-order valence-electron chi connectivity index (χ3n) is 3.76. The van der Waals surface area contributed by atoms with E-state index in [1.807, 2.05) is 0 Å².